The second-order valence-corrected chi connectivity index (χ2v) is 0.418. The summed E-state index contributed by atoms with van der Waals surface area (Å²) >= 11 is 0. The van der Waals surface area contributed by atoms with Crippen LogP contribution in [0.25, 0.3) is 0 Å². The van der Waals surface area contributed by atoms with Crippen LogP contribution in [0.1, 0.15) is 0 Å². The van der Waals surface area contributed by atoms with Gasteiger partial charge in [-0.05, 0) is 0 Å². The highest BCUT2D eigenvalue weighted by Gasteiger charge is 1.54. The molecule has 0 N–H and O–H groups in total. The maximum Gasteiger partial charge on any atom is 0.130 e. The van der Waals surface area contributed by atoms with Gasteiger partial charge in [0.1, 0.15) is 6.73 Å². The number of nitrogens with zero attached hydrogens (tertiary/aromatic N) is 1. The minimum Gasteiger partial charge on any atom is -0.366 e. The van der Waals surface area contributed by atoms with Gasteiger partial charge in [-0.3, -0.25) is 0 Å². The molecule has 0 fully saturated rings. The van der Waals surface area contributed by atoms with Gasteiger partial charge in [0, 0.05) is 7.11 Å². The highest BCUT2D eigenvalue weighted by molar-refractivity contribution is 3.86. The quantitative estimate of drug-likeness (QED) is 0.406. The van der Waals surface area contributed by atoms with Crippen LogP contribution in [0.5, 0.6) is 0 Å². The Labute approximate surface area is 25.6 Å². The van der Waals surface area contributed by atoms with Crippen LogP contribution in [0, 0.1) is 0 Å². The molecule has 0 saturated carbocycles. The molecular formula is C2H5NO. The molecule has 4 heavy (non-hydrogen) atoms. The molecule has 0 amide bonds. The summed E-state index contributed by atoms with van der Waals surface area (Å²) in [6.45, 7) is -0.181. The van der Waals surface area contributed by atoms with Crippen molar-refractivity contribution in [1.29, 1.82) is 0 Å². The van der Waals surface area contributed by atoms with Gasteiger partial charge in [0.15, 0.2) is 0 Å². The zero-order valence-corrected chi connectivity index (χ0v) is 2.56. The summed E-state index contributed by atoms with van der Waals surface area (Å²) in [5.41, 5.74) is 7.65. The lowest BCUT2D eigenvalue weighted by molar-refractivity contribution is 0.202. The molecule has 0 rings (SSSR count). The van der Waals surface area contributed by atoms with Crippen LogP contribution in [-0.4, -0.2) is 13.8 Å². The highest BCUT2D eigenvalue weighted by Crippen LogP contribution is 1.44. The third kappa shape index (κ3) is 1.92. The van der Waals surface area contributed by atoms with Gasteiger partial charge in [-0.25, -0.2) is 0 Å². The molecule has 24 valence electrons. The Morgan fingerprint density at radius 3 is 2.25 bits per heavy atom. The van der Waals surface area contributed by atoms with Crippen molar-refractivity contribution < 1.29 is 4.74 Å². The fourth-order valence-electron chi connectivity index (χ4n) is 0. The fraction of sp³-hybridized carbons (Fsp3) is 1.00. The molecule has 2 radical (unpaired) electrons. The van der Waals surface area contributed by atoms with E-state index < -0.39 is 0 Å². The second kappa shape index (κ2) is 2.92. The van der Waals surface area contributed by atoms with Crippen LogP contribution in [0.3, 0.4) is 0 Å². The predicted octanol–water partition coefficient (Wildman–Crippen LogP) is -0.341. The van der Waals surface area contributed by atoms with Gasteiger partial charge in [0.2, 0.25) is 0 Å². The van der Waals surface area contributed by atoms with Gasteiger partial charge < -0.3 is 4.74 Å². The maximum absolute atomic E-state index is 7.65. The second-order valence-electron chi connectivity index (χ2n) is 0.418. The highest BCUT2D eigenvalue weighted by atomic mass is 16.5. The Morgan fingerprint density at radius 2 is 2.25 bits per heavy atom. The Hall–Kier alpha value is -0.0800. The summed E-state index contributed by atoms with van der Waals surface area (Å²) in [7, 11) is 1.43. The van der Waals surface area contributed by atoms with Crippen molar-refractivity contribution in [3.05, 3.63) is 0 Å². The van der Waals surface area contributed by atoms with Crippen molar-refractivity contribution in [2.75, 3.05) is 13.8 Å². The van der Waals surface area contributed by atoms with Crippen LogP contribution in [0.2, 0.25) is 0 Å². The molecule has 0 atom stereocenters. The summed E-state index contributed by atoms with van der Waals surface area (Å²) in [5.74, 6) is 0. The van der Waals surface area contributed by atoms with Crippen LogP contribution < -0.4 is 5.73 Å². The third-order valence-corrected chi connectivity index (χ3v) is 0.129. The Bertz CT molecular complexity index is 8.00. The van der Waals surface area contributed by atoms with Crippen molar-refractivity contribution in [3.8, 4) is 0 Å². The molecule has 0 saturated heterocycles. The summed E-state index contributed by atoms with van der Waals surface area (Å²) in [4.78, 5) is 0. The van der Waals surface area contributed by atoms with Crippen LogP contribution >= 0.6 is 0 Å². The first-order valence-electron chi connectivity index (χ1n) is 1.01. The van der Waals surface area contributed by atoms with Gasteiger partial charge in [0.25, 0.3) is 0 Å². The lowest BCUT2D eigenvalue weighted by Crippen LogP contribution is -1.82. The van der Waals surface area contributed by atoms with E-state index >= 15 is 0 Å². The van der Waals surface area contributed by atoms with E-state index in [1.165, 1.54) is 7.11 Å². The van der Waals surface area contributed by atoms with Gasteiger partial charge in [-0.1, -0.05) is 0 Å². The summed E-state index contributed by atoms with van der Waals surface area (Å²) in [6, 6.07) is 0. The van der Waals surface area contributed by atoms with Crippen molar-refractivity contribution in [3.63, 3.8) is 0 Å². The number of rotatable bonds is 1. The Kier molecular flexibility index (Phi) is 2.86. The van der Waals surface area contributed by atoms with Crippen molar-refractivity contribution in [2.45, 2.75) is 0 Å². The topological polar surface area (TPSA) is 31.5 Å². The van der Waals surface area contributed by atoms with Crippen molar-refractivity contribution in [1.82, 2.24) is 5.73 Å². The first kappa shape index (κ1) is 3.92. The minimum atomic E-state index is -0.181. The molecule has 0 heterocycles. The van der Waals surface area contributed by atoms with E-state index in [1.54, 1.807) is 0 Å². The molecule has 0 aliphatic carbocycles. The van der Waals surface area contributed by atoms with Gasteiger partial charge in [0.05, 0.1) is 0 Å². The van der Waals surface area contributed by atoms with E-state index in [9.17, 15) is 0 Å². The monoisotopic (exact) mass is 59.0 g/mol. The van der Waals surface area contributed by atoms with E-state index in [2.05, 4.69) is 4.74 Å². The van der Waals surface area contributed by atoms with Crippen LogP contribution in [0.15, 0.2) is 0 Å². The Morgan fingerprint density at radius 1 is 2.00 bits per heavy atom. The SMILES string of the molecule is COC[N]. The number of hydrogen-bond donors (Lipinski definition) is 0. The van der Waals surface area contributed by atoms with E-state index in [0.29, 0.717) is 0 Å². The van der Waals surface area contributed by atoms with Crippen molar-refractivity contribution >= 4 is 0 Å². The smallest absolute Gasteiger partial charge is 0.130 e. The van der Waals surface area contributed by atoms with E-state index in [0.717, 1.165) is 0 Å². The van der Waals surface area contributed by atoms with E-state index in [-0.39, 0.29) is 6.73 Å². The average molecular weight is 59.1 g/mol. The summed E-state index contributed by atoms with van der Waals surface area (Å²) < 4.78 is 4.10. The van der Waals surface area contributed by atoms with Crippen molar-refractivity contribution in [2.24, 2.45) is 0 Å². The molecule has 0 aromatic heterocycles. The maximum atomic E-state index is 7.65. The van der Waals surface area contributed by atoms with E-state index in [4.69, 9.17) is 5.73 Å². The number of hydrogen-bond acceptors (Lipinski definition) is 1. The lowest BCUT2D eigenvalue weighted by Gasteiger charge is -1.73. The zero-order chi connectivity index (χ0) is 3.41. The molecule has 0 aliphatic heterocycles. The lowest BCUT2D eigenvalue weighted by atomic mass is 11.3. The summed E-state index contributed by atoms with van der Waals surface area (Å²) in [5, 5.41) is 0. The van der Waals surface area contributed by atoms with Gasteiger partial charge >= 0.3 is 0 Å². The molecule has 2 nitrogen and oxygen atoms in total. The Balaban J connectivity index is 1.97. The fourth-order valence-corrected chi connectivity index (χ4v) is 0. The first-order chi connectivity index (χ1) is 1.91. The largest absolute Gasteiger partial charge is 0.366 e. The minimum absolute atomic E-state index is 0.181. The zero-order valence-electron chi connectivity index (χ0n) is 2.56. The predicted molar refractivity (Wildman–Crippen MR) is 14.0 cm³/mol. The van der Waals surface area contributed by atoms with Gasteiger partial charge in [-0.15, -0.1) is 5.73 Å². The first-order valence-corrected chi connectivity index (χ1v) is 1.01. The van der Waals surface area contributed by atoms with E-state index in [1.807, 2.05) is 0 Å². The molecule has 0 aliphatic rings. The van der Waals surface area contributed by atoms with Crippen LogP contribution in [-0.2, 0) is 4.74 Å². The standard InChI is InChI=1S/C2H5NO/c1-4-2-3/h2H2,1H3. The molecule has 0 unspecified atom stereocenters. The molecular weight excluding hydrogens is 54.0 g/mol. The normalized spacial score (nSPS) is 7.50. The number of methoxy groups -OCH3 is 1. The molecule has 0 spiro atoms. The van der Waals surface area contributed by atoms with Gasteiger partial charge in [-0.2, -0.15) is 0 Å². The number of ether oxygens (including phenoxy) is 1. The molecule has 0 aromatic carbocycles. The summed E-state index contributed by atoms with van der Waals surface area (Å²) in [6.07, 6.45) is 0. The average Bonchev–Trinajstić information content (AvgIpc) is 1.37. The van der Waals surface area contributed by atoms with Crippen LogP contribution in [0.4, 0.5) is 0 Å². The molecule has 0 bridgehead atoms. The molecule has 0 aromatic rings. The molecule has 2 heteroatoms. The third-order valence-electron chi connectivity index (χ3n) is 0.129.